The molecule has 0 N–H and O–H groups in total. The van der Waals surface area contributed by atoms with Gasteiger partial charge in [0, 0.05) is 6.42 Å². The largest absolute Gasteiger partial charge is 0.508 e. The number of fused-ring (bicyclic) bond motifs is 5. The average Bonchev–Trinajstić information content (AvgIpc) is 3.25. The summed E-state index contributed by atoms with van der Waals surface area (Å²) in [6.45, 7) is 12.8. The Morgan fingerprint density at radius 3 is 2.53 bits per heavy atom. The zero-order valence-corrected chi connectivity index (χ0v) is 24.7. The Bertz CT molecular complexity index is 982. The molecule has 0 spiro atoms. The van der Waals surface area contributed by atoms with Gasteiger partial charge >= 0.3 is 6.16 Å². The van der Waals surface area contributed by atoms with E-state index in [1.807, 2.05) is 30.3 Å². The third kappa shape index (κ3) is 5.46. The molecule has 5 rings (SSSR count). The van der Waals surface area contributed by atoms with Gasteiger partial charge in [0.2, 0.25) is 0 Å². The SMILES string of the molecule is CC(C)CCC[C@@H](C)[C@H]1CC[C@H]2[C@H]3CC=C4C[C@@H](OC(=O)OCc5ccccc5)CC[C@]4(C)[C@@H]3CC[C@]12C. The quantitative estimate of drug-likeness (QED) is 0.253. The third-order valence-corrected chi connectivity index (χ3v) is 11.7. The Hall–Kier alpha value is -1.77. The molecule has 3 nitrogen and oxygen atoms in total. The Balaban J connectivity index is 1.19. The molecule has 3 saturated carbocycles. The van der Waals surface area contributed by atoms with Crippen LogP contribution in [0.15, 0.2) is 42.0 Å². The van der Waals surface area contributed by atoms with Crippen LogP contribution in [-0.4, -0.2) is 12.3 Å². The summed E-state index contributed by atoms with van der Waals surface area (Å²) in [7, 11) is 0. The second kappa shape index (κ2) is 11.4. The van der Waals surface area contributed by atoms with E-state index in [9.17, 15) is 4.79 Å². The van der Waals surface area contributed by atoms with Crippen molar-refractivity contribution in [3.8, 4) is 0 Å². The van der Waals surface area contributed by atoms with Crippen molar-refractivity contribution in [2.24, 2.45) is 46.3 Å². The molecule has 0 aliphatic heterocycles. The maximum atomic E-state index is 12.4. The molecule has 3 heteroatoms. The van der Waals surface area contributed by atoms with Crippen LogP contribution in [0, 0.1) is 46.3 Å². The van der Waals surface area contributed by atoms with E-state index in [4.69, 9.17) is 9.47 Å². The van der Waals surface area contributed by atoms with Crippen LogP contribution in [0.25, 0.3) is 0 Å². The lowest BCUT2D eigenvalue weighted by atomic mass is 9.47. The molecular formula is C35H52O3. The number of hydrogen-bond acceptors (Lipinski definition) is 3. The van der Waals surface area contributed by atoms with Crippen LogP contribution in [0.5, 0.6) is 0 Å². The lowest BCUT2D eigenvalue weighted by molar-refractivity contribution is -0.0620. The Kier molecular flexibility index (Phi) is 8.32. The fourth-order valence-corrected chi connectivity index (χ4v) is 9.64. The van der Waals surface area contributed by atoms with E-state index < -0.39 is 6.16 Å². The normalized spacial score (nSPS) is 37.0. The van der Waals surface area contributed by atoms with Gasteiger partial charge in [-0.05, 0) is 96.8 Å². The third-order valence-electron chi connectivity index (χ3n) is 11.7. The summed E-state index contributed by atoms with van der Waals surface area (Å²) in [5.74, 6) is 5.11. The van der Waals surface area contributed by atoms with Gasteiger partial charge in [-0.3, -0.25) is 0 Å². The predicted molar refractivity (Wildman–Crippen MR) is 155 cm³/mol. The van der Waals surface area contributed by atoms with E-state index >= 15 is 0 Å². The minimum atomic E-state index is -0.523. The van der Waals surface area contributed by atoms with E-state index in [2.05, 4.69) is 40.7 Å². The van der Waals surface area contributed by atoms with Gasteiger partial charge in [-0.2, -0.15) is 0 Å². The summed E-state index contributed by atoms with van der Waals surface area (Å²) in [6, 6.07) is 9.83. The summed E-state index contributed by atoms with van der Waals surface area (Å²) in [4.78, 5) is 12.4. The first-order chi connectivity index (χ1) is 18.2. The summed E-state index contributed by atoms with van der Waals surface area (Å²) in [5.41, 5.74) is 3.36. The molecule has 4 aliphatic carbocycles. The van der Waals surface area contributed by atoms with Crippen molar-refractivity contribution in [1.29, 1.82) is 0 Å². The Morgan fingerprint density at radius 2 is 1.76 bits per heavy atom. The fourth-order valence-electron chi connectivity index (χ4n) is 9.64. The molecule has 0 bridgehead atoms. The molecule has 4 aliphatic rings. The van der Waals surface area contributed by atoms with Crippen LogP contribution < -0.4 is 0 Å². The summed E-state index contributed by atoms with van der Waals surface area (Å²) < 4.78 is 11.2. The molecular weight excluding hydrogens is 468 g/mol. The molecule has 0 amide bonds. The van der Waals surface area contributed by atoms with Gasteiger partial charge in [-0.15, -0.1) is 0 Å². The lowest BCUT2D eigenvalue weighted by Gasteiger charge is -2.58. The molecule has 0 unspecified atom stereocenters. The molecule has 0 aromatic heterocycles. The molecule has 3 fully saturated rings. The molecule has 0 radical (unpaired) electrons. The van der Waals surface area contributed by atoms with Crippen LogP contribution in [0.2, 0.25) is 0 Å². The number of ether oxygens (including phenoxy) is 2. The monoisotopic (exact) mass is 520 g/mol. The highest BCUT2D eigenvalue weighted by Gasteiger charge is 2.59. The van der Waals surface area contributed by atoms with Gasteiger partial charge in [-0.1, -0.05) is 95.9 Å². The molecule has 1 aromatic rings. The van der Waals surface area contributed by atoms with Crippen molar-refractivity contribution in [3.05, 3.63) is 47.5 Å². The Morgan fingerprint density at radius 1 is 0.974 bits per heavy atom. The van der Waals surface area contributed by atoms with Crippen LogP contribution in [0.3, 0.4) is 0 Å². The number of carbonyl (C=O) groups excluding carboxylic acids is 1. The van der Waals surface area contributed by atoms with E-state index in [0.29, 0.717) is 5.41 Å². The number of benzene rings is 1. The van der Waals surface area contributed by atoms with Gasteiger partial charge in [0.05, 0.1) is 0 Å². The summed E-state index contributed by atoms with van der Waals surface area (Å²) >= 11 is 0. The topological polar surface area (TPSA) is 35.5 Å². The van der Waals surface area contributed by atoms with Crippen LogP contribution in [-0.2, 0) is 16.1 Å². The number of hydrogen-bond donors (Lipinski definition) is 0. The van der Waals surface area contributed by atoms with Gasteiger partial charge in [0.25, 0.3) is 0 Å². The molecule has 0 heterocycles. The predicted octanol–water partition coefficient (Wildman–Crippen LogP) is 9.75. The first-order valence-corrected chi connectivity index (χ1v) is 15.8. The number of carbonyl (C=O) groups is 1. The van der Waals surface area contributed by atoms with Crippen LogP contribution >= 0.6 is 0 Å². The van der Waals surface area contributed by atoms with Gasteiger partial charge in [0.1, 0.15) is 12.7 Å². The fraction of sp³-hybridized carbons (Fsp3) is 0.743. The zero-order valence-electron chi connectivity index (χ0n) is 24.7. The van der Waals surface area contributed by atoms with Crippen molar-refractivity contribution >= 4 is 6.16 Å². The Labute approximate surface area is 232 Å². The number of allylic oxidation sites excluding steroid dienone is 1. The minimum Gasteiger partial charge on any atom is -0.431 e. The standard InChI is InChI=1S/C35H52O3/c1-24(2)10-9-11-25(3)30-16-17-31-29-15-14-27-22-28(38-33(36)37-23-26-12-7-6-8-13-26)18-20-34(27,4)32(29)19-21-35(30,31)5/h6-8,12-14,24-25,28-32H,9-11,15-23H2,1-5H3/t25-,28+,29-,30-,31+,32-,34+,35-/m1/s1. The van der Waals surface area contributed by atoms with Crippen molar-refractivity contribution in [3.63, 3.8) is 0 Å². The smallest absolute Gasteiger partial charge is 0.431 e. The maximum absolute atomic E-state index is 12.4. The first-order valence-electron chi connectivity index (χ1n) is 15.8. The highest BCUT2D eigenvalue weighted by Crippen LogP contribution is 2.67. The summed E-state index contributed by atoms with van der Waals surface area (Å²) in [5, 5.41) is 0. The van der Waals surface area contributed by atoms with Gasteiger partial charge in [-0.25, -0.2) is 4.79 Å². The van der Waals surface area contributed by atoms with Gasteiger partial charge in [0.15, 0.2) is 0 Å². The maximum Gasteiger partial charge on any atom is 0.508 e. The van der Waals surface area contributed by atoms with E-state index in [0.717, 1.165) is 60.3 Å². The second-order valence-corrected chi connectivity index (χ2v) is 14.3. The van der Waals surface area contributed by atoms with Crippen LogP contribution in [0.1, 0.15) is 111 Å². The number of rotatable bonds is 8. The highest BCUT2D eigenvalue weighted by molar-refractivity contribution is 5.60. The molecule has 210 valence electrons. The van der Waals surface area contributed by atoms with E-state index in [-0.39, 0.29) is 18.1 Å². The van der Waals surface area contributed by atoms with Crippen molar-refractivity contribution in [1.82, 2.24) is 0 Å². The lowest BCUT2D eigenvalue weighted by Crippen LogP contribution is -2.51. The van der Waals surface area contributed by atoms with Gasteiger partial charge < -0.3 is 9.47 Å². The van der Waals surface area contributed by atoms with E-state index in [1.165, 1.54) is 51.4 Å². The molecule has 38 heavy (non-hydrogen) atoms. The molecule has 8 atom stereocenters. The summed E-state index contributed by atoms with van der Waals surface area (Å²) in [6.07, 6.45) is 16.1. The zero-order chi connectivity index (χ0) is 26.9. The van der Waals surface area contributed by atoms with E-state index in [1.54, 1.807) is 5.57 Å². The molecule has 0 saturated heterocycles. The highest BCUT2D eigenvalue weighted by atomic mass is 16.7. The van der Waals surface area contributed by atoms with Crippen molar-refractivity contribution < 1.29 is 14.3 Å². The first kappa shape index (κ1) is 27.8. The molecule has 1 aromatic carbocycles. The van der Waals surface area contributed by atoms with Crippen molar-refractivity contribution in [2.45, 2.75) is 118 Å². The van der Waals surface area contributed by atoms with Crippen LogP contribution in [0.4, 0.5) is 4.79 Å². The average molecular weight is 521 g/mol. The second-order valence-electron chi connectivity index (χ2n) is 14.3. The van der Waals surface area contributed by atoms with Crippen molar-refractivity contribution in [2.75, 3.05) is 0 Å². The minimum absolute atomic E-state index is 0.0504.